The SMILES string of the molecule is CC(C)Oc1ccc(S(=O)(=O)N2CCCCC2)cc1NCc1cccc(C#N)c1. The Morgan fingerprint density at radius 1 is 1.14 bits per heavy atom. The van der Waals surface area contributed by atoms with Gasteiger partial charge in [0.2, 0.25) is 10.0 Å². The van der Waals surface area contributed by atoms with Gasteiger partial charge >= 0.3 is 0 Å². The van der Waals surface area contributed by atoms with Crippen LogP contribution >= 0.6 is 0 Å². The number of nitriles is 1. The van der Waals surface area contributed by atoms with Gasteiger partial charge in [-0.1, -0.05) is 18.6 Å². The maximum absolute atomic E-state index is 13.1. The fourth-order valence-corrected chi connectivity index (χ4v) is 4.91. The van der Waals surface area contributed by atoms with Gasteiger partial charge in [0.1, 0.15) is 5.75 Å². The van der Waals surface area contributed by atoms with Crippen molar-refractivity contribution in [2.75, 3.05) is 18.4 Å². The van der Waals surface area contributed by atoms with Crippen LogP contribution < -0.4 is 10.1 Å². The molecule has 3 rings (SSSR count). The van der Waals surface area contributed by atoms with Crippen molar-refractivity contribution in [2.24, 2.45) is 0 Å². The summed E-state index contributed by atoms with van der Waals surface area (Å²) in [6.07, 6.45) is 2.83. The predicted octanol–water partition coefficient (Wildman–Crippen LogP) is 4.13. The van der Waals surface area contributed by atoms with Gasteiger partial charge in [0.05, 0.1) is 28.3 Å². The molecule has 1 heterocycles. The van der Waals surface area contributed by atoms with E-state index in [0.717, 1.165) is 24.8 Å². The number of rotatable bonds is 7. The zero-order chi connectivity index (χ0) is 20.9. The molecule has 1 N–H and O–H groups in total. The molecular formula is C22H27N3O3S. The zero-order valence-corrected chi connectivity index (χ0v) is 17.7. The number of ether oxygens (including phenoxy) is 1. The standard InChI is InChI=1S/C22H27N3O3S/c1-17(2)28-22-10-9-20(29(26,27)25-11-4-3-5-12-25)14-21(22)24-16-19-8-6-7-18(13-19)15-23/h6-10,13-14,17,24H,3-5,11-12,16H2,1-2H3. The molecule has 0 amide bonds. The topological polar surface area (TPSA) is 82.4 Å². The molecule has 0 atom stereocenters. The molecule has 0 bridgehead atoms. The highest BCUT2D eigenvalue weighted by Gasteiger charge is 2.26. The average molecular weight is 414 g/mol. The van der Waals surface area contributed by atoms with Crippen LogP contribution in [0, 0.1) is 11.3 Å². The van der Waals surface area contributed by atoms with Crippen molar-refractivity contribution in [1.82, 2.24) is 4.31 Å². The lowest BCUT2D eigenvalue weighted by Gasteiger charge is -2.26. The summed E-state index contributed by atoms with van der Waals surface area (Å²) in [4.78, 5) is 0.267. The second-order valence-electron chi connectivity index (χ2n) is 7.46. The van der Waals surface area contributed by atoms with E-state index in [-0.39, 0.29) is 11.0 Å². The third-order valence-corrected chi connectivity index (χ3v) is 6.70. The van der Waals surface area contributed by atoms with Gasteiger partial charge < -0.3 is 10.1 Å². The summed E-state index contributed by atoms with van der Waals surface area (Å²) in [6, 6.07) is 14.4. The van der Waals surface area contributed by atoms with Gasteiger partial charge in [0.15, 0.2) is 0 Å². The fraction of sp³-hybridized carbons (Fsp3) is 0.409. The first kappa shape index (κ1) is 21.2. The summed E-state index contributed by atoms with van der Waals surface area (Å²) in [5.41, 5.74) is 2.15. The van der Waals surface area contributed by atoms with Crippen LogP contribution in [0.2, 0.25) is 0 Å². The van der Waals surface area contributed by atoms with E-state index < -0.39 is 10.0 Å². The largest absolute Gasteiger partial charge is 0.489 e. The van der Waals surface area contributed by atoms with Crippen LogP contribution in [-0.2, 0) is 16.6 Å². The minimum atomic E-state index is -3.53. The van der Waals surface area contributed by atoms with E-state index in [0.29, 0.717) is 36.6 Å². The van der Waals surface area contributed by atoms with Crippen molar-refractivity contribution in [3.63, 3.8) is 0 Å². The maximum atomic E-state index is 13.1. The van der Waals surface area contributed by atoms with Crippen molar-refractivity contribution >= 4 is 15.7 Å². The third kappa shape index (κ3) is 5.28. The first-order valence-corrected chi connectivity index (χ1v) is 11.4. The van der Waals surface area contributed by atoms with Crippen LogP contribution in [0.25, 0.3) is 0 Å². The van der Waals surface area contributed by atoms with Gasteiger partial charge in [-0.25, -0.2) is 8.42 Å². The normalized spacial score (nSPS) is 15.1. The molecule has 154 valence electrons. The van der Waals surface area contributed by atoms with Gasteiger partial charge in [0, 0.05) is 19.6 Å². The summed E-state index contributed by atoms with van der Waals surface area (Å²) in [5, 5.41) is 12.4. The van der Waals surface area contributed by atoms with Gasteiger partial charge in [-0.3, -0.25) is 0 Å². The number of benzene rings is 2. The molecule has 0 radical (unpaired) electrons. The molecule has 6 nitrogen and oxygen atoms in total. The van der Waals surface area contributed by atoms with Crippen LogP contribution in [-0.4, -0.2) is 31.9 Å². The van der Waals surface area contributed by atoms with Gasteiger partial charge in [-0.15, -0.1) is 0 Å². The van der Waals surface area contributed by atoms with Crippen LogP contribution in [0.4, 0.5) is 5.69 Å². The second kappa shape index (κ2) is 9.29. The lowest BCUT2D eigenvalue weighted by molar-refractivity contribution is 0.243. The Morgan fingerprint density at radius 3 is 2.59 bits per heavy atom. The van der Waals surface area contributed by atoms with Crippen molar-refractivity contribution < 1.29 is 13.2 Å². The summed E-state index contributed by atoms with van der Waals surface area (Å²) < 4.78 is 33.5. The van der Waals surface area contributed by atoms with Crippen molar-refractivity contribution in [2.45, 2.75) is 50.7 Å². The van der Waals surface area contributed by atoms with Crippen molar-refractivity contribution in [1.29, 1.82) is 5.26 Å². The second-order valence-corrected chi connectivity index (χ2v) is 9.39. The number of piperidine rings is 1. The third-order valence-electron chi connectivity index (χ3n) is 4.81. The van der Waals surface area contributed by atoms with E-state index in [1.54, 1.807) is 28.6 Å². The van der Waals surface area contributed by atoms with E-state index in [1.807, 2.05) is 32.0 Å². The van der Waals surface area contributed by atoms with Crippen LogP contribution in [0.1, 0.15) is 44.2 Å². The Kier molecular flexibility index (Phi) is 6.78. The summed E-state index contributed by atoms with van der Waals surface area (Å²) in [7, 11) is -3.53. The smallest absolute Gasteiger partial charge is 0.243 e. The van der Waals surface area contributed by atoms with E-state index >= 15 is 0 Å². The van der Waals surface area contributed by atoms with Crippen molar-refractivity contribution in [3.8, 4) is 11.8 Å². The zero-order valence-electron chi connectivity index (χ0n) is 16.9. The molecule has 0 unspecified atom stereocenters. The minimum Gasteiger partial charge on any atom is -0.489 e. The molecule has 1 saturated heterocycles. The van der Waals surface area contributed by atoms with Crippen LogP contribution in [0.3, 0.4) is 0 Å². The number of hydrogen-bond donors (Lipinski definition) is 1. The van der Waals surface area contributed by atoms with E-state index in [4.69, 9.17) is 10.00 Å². The monoisotopic (exact) mass is 413 g/mol. The summed E-state index contributed by atoms with van der Waals surface area (Å²) in [5.74, 6) is 0.606. The Bertz CT molecular complexity index is 991. The molecule has 29 heavy (non-hydrogen) atoms. The first-order chi connectivity index (χ1) is 13.9. The Hall–Kier alpha value is -2.56. The quantitative estimate of drug-likeness (QED) is 0.738. The molecule has 2 aromatic rings. The van der Waals surface area contributed by atoms with Crippen LogP contribution in [0.15, 0.2) is 47.4 Å². The number of nitrogens with zero attached hydrogens (tertiary/aromatic N) is 2. The fourth-order valence-electron chi connectivity index (χ4n) is 3.37. The van der Waals surface area contributed by atoms with E-state index in [9.17, 15) is 8.42 Å². The number of hydrogen-bond acceptors (Lipinski definition) is 5. The van der Waals surface area contributed by atoms with E-state index in [2.05, 4.69) is 11.4 Å². The molecule has 0 saturated carbocycles. The number of anilines is 1. The highest BCUT2D eigenvalue weighted by atomic mass is 32.2. The maximum Gasteiger partial charge on any atom is 0.243 e. The summed E-state index contributed by atoms with van der Waals surface area (Å²) >= 11 is 0. The summed E-state index contributed by atoms with van der Waals surface area (Å²) in [6.45, 7) is 5.45. The average Bonchev–Trinajstić information content (AvgIpc) is 2.73. The molecule has 0 spiro atoms. The Labute approximate surface area is 173 Å². The van der Waals surface area contributed by atoms with Crippen LogP contribution in [0.5, 0.6) is 5.75 Å². The molecule has 2 aromatic carbocycles. The predicted molar refractivity (Wildman–Crippen MR) is 113 cm³/mol. The lowest BCUT2D eigenvalue weighted by atomic mass is 10.1. The van der Waals surface area contributed by atoms with E-state index in [1.165, 1.54) is 0 Å². The van der Waals surface area contributed by atoms with Gasteiger partial charge in [0.25, 0.3) is 0 Å². The Morgan fingerprint density at radius 2 is 1.90 bits per heavy atom. The van der Waals surface area contributed by atoms with Crippen molar-refractivity contribution in [3.05, 3.63) is 53.6 Å². The number of nitrogens with one attached hydrogen (secondary N) is 1. The highest BCUT2D eigenvalue weighted by Crippen LogP contribution is 2.31. The highest BCUT2D eigenvalue weighted by molar-refractivity contribution is 7.89. The molecule has 1 aliphatic heterocycles. The molecule has 7 heteroatoms. The first-order valence-electron chi connectivity index (χ1n) is 9.94. The van der Waals surface area contributed by atoms with Gasteiger partial charge in [-0.2, -0.15) is 9.57 Å². The number of sulfonamides is 1. The van der Waals surface area contributed by atoms with Gasteiger partial charge in [-0.05, 0) is 62.6 Å². The molecule has 1 aliphatic rings. The molecule has 1 fully saturated rings. The molecule has 0 aliphatic carbocycles. The minimum absolute atomic E-state index is 0.0398. The molecular weight excluding hydrogens is 386 g/mol. The molecule has 0 aromatic heterocycles. The Balaban J connectivity index is 1.88. The lowest BCUT2D eigenvalue weighted by Crippen LogP contribution is -2.35.